The number of ether oxygens (including phenoxy) is 6. The van der Waals surface area contributed by atoms with E-state index < -0.39 is 103 Å². The highest BCUT2D eigenvalue weighted by molar-refractivity contribution is 6.12. The first kappa shape index (κ1) is 59.8. The number of benzene rings is 2. The molecule has 0 radical (unpaired) electrons. The molecule has 27 heteroatoms. The summed E-state index contributed by atoms with van der Waals surface area (Å²) in [7, 11) is 0. The van der Waals surface area contributed by atoms with Crippen molar-refractivity contribution in [1.29, 1.82) is 0 Å². The Hall–Kier alpha value is -8.34. The maximum Gasteiger partial charge on any atom is 0.343 e. The van der Waals surface area contributed by atoms with Gasteiger partial charge in [-0.05, 0) is 48.1 Å². The largest absolute Gasteiger partial charge is 0.458 e. The van der Waals surface area contributed by atoms with Gasteiger partial charge in [-0.3, -0.25) is 48.1 Å². The summed E-state index contributed by atoms with van der Waals surface area (Å²) < 4.78 is 48.9. The fraction of sp³-hybridized carbons (Fsp3) is 0.436. The van der Waals surface area contributed by atoms with Crippen LogP contribution in [0.5, 0.6) is 0 Å². The zero-order chi connectivity index (χ0) is 58.5. The van der Waals surface area contributed by atoms with Gasteiger partial charge in [0.05, 0.1) is 107 Å². The molecule has 0 unspecified atom stereocenters. The van der Waals surface area contributed by atoms with Crippen molar-refractivity contribution < 1.29 is 81.1 Å². The zero-order valence-electron chi connectivity index (χ0n) is 45.0. The fourth-order valence-corrected chi connectivity index (χ4v) is 9.77. The summed E-state index contributed by atoms with van der Waals surface area (Å²) in [6, 6.07) is 9.67. The smallest absolute Gasteiger partial charge is 0.343 e. The molecule has 0 spiro atoms. The lowest BCUT2D eigenvalue weighted by Crippen LogP contribution is -2.52. The van der Waals surface area contributed by atoms with Crippen molar-refractivity contribution in [2.75, 3.05) is 92.4 Å². The Bertz CT molecular complexity index is 3230. The van der Waals surface area contributed by atoms with Crippen LogP contribution in [0.4, 0.5) is 4.39 Å². The van der Waals surface area contributed by atoms with Gasteiger partial charge < -0.3 is 70.0 Å². The van der Waals surface area contributed by atoms with Crippen molar-refractivity contribution in [3.05, 3.63) is 110 Å². The average Bonchev–Trinajstić information content (AvgIpc) is 3.54. The van der Waals surface area contributed by atoms with Crippen LogP contribution in [-0.2, 0) is 103 Å². The van der Waals surface area contributed by atoms with Gasteiger partial charge in [0, 0.05) is 41.2 Å². The molecule has 0 saturated carbocycles. The van der Waals surface area contributed by atoms with Gasteiger partial charge in [0.15, 0.2) is 5.60 Å². The second-order valence-electron chi connectivity index (χ2n) is 19.4. The third-order valence-electron chi connectivity index (χ3n) is 14.0. The van der Waals surface area contributed by atoms with E-state index in [1.807, 2.05) is 0 Å². The predicted molar refractivity (Wildman–Crippen MR) is 283 cm³/mol. The topological polar surface area (TPSA) is 340 Å². The van der Waals surface area contributed by atoms with Gasteiger partial charge in [-0.25, -0.2) is 14.2 Å². The van der Waals surface area contributed by atoms with Crippen molar-refractivity contribution in [2.45, 2.75) is 63.9 Å². The number of amides is 8. The number of aromatic nitrogens is 2. The number of hydrogen-bond donors (Lipinski definition) is 7. The predicted octanol–water partition coefficient (Wildman–Crippen LogP) is -1.60. The number of nitrogens with one attached hydrogen (secondary N) is 6. The molecule has 5 heterocycles. The minimum atomic E-state index is -2.06. The quantitative estimate of drug-likeness (QED) is 0.0118. The molecule has 0 bridgehead atoms. The molecule has 3 atom stereocenters. The Morgan fingerprint density at radius 1 is 0.768 bits per heavy atom. The number of carbonyl (C=O) groups excluding carboxylic acids is 9. The van der Waals surface area contributed by atoms with E-state index in [2.05, 4.69) is 31.9 Å². The average molecular weight is 1140 g/mol. The third-order valence-corrected chi connectivity index (χ3v) is 14.0. The van der Waals surface area contributed by atoms with E-state index in [0.717, 1.165) is 4.90 Å². The Kier molecular flexibility index (Phi) is 20.0. The molecule has 436 valence electrons. The molecule has 0 fully saturated rings. The number of carbonyl (C=O) groups is 9. The molecule has 2 aromatic carbocycles. The van der Waals surface area contributed by atoms with E-state index in [1.54, 1.807) is 50.2 Å². The first-order chi connectivity index (χ1) is 39.5. The van der Waals surface area contributed by atoms with Crippen LogP contribution < -0.4 is 37.5 Å². The molecule has 0 saturated heterocycles. The molecule has 7 N–H and O–H groups in total. The van der Waals surface area contributed by atoms with Crippen LogP contribution in [0.1, 0.15) is 58.3 Å². The highest BCUT2D eigenvalue weighted by atomic mass is 19.1. The van der Waals surface area contributed by atoms with Crippen molar-refractivity contribution in [1.82, 2.24) is 46.4 Å². The van der Waals surface area contributed by atoms with E-state index in [0.29, 0.717) is 50.1 Å². The van der Waals surface area contributed by atoms with Crippen molar-refractivity contribution >= 4 is 64.1 Å². The highest BCUT2D eigenvalue weighted by Crippen LogP contribution is 2.47. The maximum absolute atomic E-state index is 15.4. The SMILES string of the molecule is CC[C@@]1(O)C(=O)OCc2c1cc1n(c2=O)Cc2c-1nc1cc(F)c(C)c3c1c2[C@@H](NC(=O)COCNC(=O)CNC(=O)[C@H](Cc1ccccc1)NC(=O)CNC(=O)CNC(=O)COCCOCCOCCOCCN1C(=O)C=CC1=O)C3. The molecule has 1 aliphatic carbocycles. The summed E-state index contributed by atoms with van der Waals surface area (Å²) in [4.78, 5) is 133. The van der Waals surface area contributed by atoms with E-state index in [9.17, 15) is 53.1 Å². The lowest BCUT2D eigenvalue weighted by Gasteiger charge is -2.31. The van der Waals surface area contributed by atoms with Crippen LogP contribution in [0.2, 0.25) is 0 Å². The van der Waals surface area contributed by atoms with Crippen LogP contribution in [0.3, 0.4) is 0 Å². The van der Waals surface area contributed by atoms with Gasteiger partial charge >= 0.3 is 5.97 Å². The number of halogens is 1. The Morgan fingerprint density at radius 3 is 2.11 bits per heavy atom. The Labute approximate surface area is 467 Å². The van der Waals surface area contributed by atoms with Crippen LogP contribution in [0.15, 0.2) is 59.4 Å². The molecule has 82 heavy (non-hydrogen) atoms. The van der Waals surface area contributed by atoms with E-state index in [-0.39, 0.29) is 115 Å². The van der Waals surface area contributed by atoms with Crippen molar-refractivity contribution in [3.63, 3.8) is 0 Å². The van der Waals surface area contributed by atoms with Crippen molar-refractivity contribution in [2.24, 2.45) is 0 Å². The van der Waals surface area contributed by atoms with Crippen LogP contribution in [0.25, 0.3) is 22.3 Å². The number of aliphatic hydroxyl groups is 1. The first-order valence-corrected chi connectivity index (χ1v) is 26.4. The standard InChI is InChI=1S/C55H62FN9O17/c1-3-55(76)36-21-41-51-34(26-65(41)53(74)35(36)27-82-54(55)75)50-38(20-33-31(2)37(56)22-39(63-51)49(33)50)61-46(70)29-81-30-60-43(67)24-59-52(73)40(19-32-7-5-4-6-8-32)62-44(68)25-57-42(66)23-58-45(69)28-80-18-17-79-16-15-78-14-13-77-12-11-64-47(71)9-10-48(64)72/h4-10,21-22,38,40,76H,3,11-20,23-30H2,1-2H3,(H,57,66)(H,58,69)(H,59,73)(H,60,67)(H,61,70)(H,62,68)/t38-,40-,55-/m0/s1. The van der Waals surface area contributed by atoms with E-state index in [1.165, 1.54) is 22.8 Å². The number of pyridine rings is 2. The molecule has 2 aromatic heterocycles. The maximum atomic E-state index is 15.4. The Balaban J connectivity index is 0.724. The normalized spacial score (nSPS) is 16.8. The number of rotatable bonds is 30. The fourth-order valence-electron chi connectivity index (χ4n) is 9.77. The Morgan fingerprint density at radius 2 is 1.40 bits per heavy atom. The summed E-state index contributed by atoms with van der Waals surface area (Å²) in [5, 5.41) is 27.1. The van der Waals surface area contributed by atoms with Crippen LogP contribution >= 0.6 is 0 Å². The molecule has 8 amide bonds. The lowest BCUT2D eigenvalue weighted by molar-refractivity contribution is -0.172. The number of fused-ring (bicyclic) bond motifs is 5. The van der Waals surface area contributed by atoms with Gasteiger partial charge in [0.1, 0.15) is 38.4 Å². The second kappa shape index (κ2) is 27.4. The molecule has 4 aromatic rings. The molecule has 3 aliphatic heterocycles. The number of imide groups is 1. The summed E-state index contributed by atoms with van der Waals surface area (Å²) in [6.07, 6.45) is 2.57. The molecule has 8 rings (SSSR count). The molecule has 4 aliphatic rings. The minimum Gasteiger partial charge on any atom is -0.458 e. The molecular formula is C55H62FN9O17. The van der Waals surface area contributed by atoms with Gasteiger partial charge in [-0.1, -0.05) is 37.3 Å². The molecular weight excluding hydrogens is 1080 g/mol. The van der Waals surface area contributed by atoms with E-state index in [4.69, 9.17) is 33.4 Å². The van der Waals surface area contributed by atoms with Crippen LogP contribution in [-0.4, -0.2) is 171 Å². The van der Waals surface area contributed by atoms with E-state index >= 15 is 4.39 Å². The van der Waals surface area contributed by atoms with Crippen molar-refractivity contribution in [3.8, 4) is 11.4 Å². The van der Waals surface area contributed by atoms with Gasteiger partial charge in [-0.2, -0.15) is 0 Å². The lowest BCUT2D eigenvalue weighted by atomic mass is 9.86. The van der Waals surface area contributed by atoms with Gasteiger partial charge in [-0.15, -0.1) is 0 Å². The summed E-state index contributed by atoms with van der Waals surface area (Å²) >= 11 is 0. The summed E-state index contributed by atoms with van der Waals surface area (Å²) in [5.41, 5.74) is 1.60. The number of cyclic esters (lactones) is 1. The monoisotopic (exact) mass is 1140 g/mol. The second-order valence-corrected chi connectivity index (χ2v) is 19.4. The van der Waals surface area contributed by atoms with Gasteiger partial charge in [0.2, 0.25) is 35.4 Å². The minimum absolute atomic E-state index is 0.0216. The number of hydrogen-bond acceptors (Lipinski definition) is 18. The number of nitrogens with zero attached hydrogens (tertiary/aromatic N) is 3. The third kappa shape index (κ3) is 14.2. The highest BCUT2D eigenvalue weighted by Gasteiger charge is 2.46. The molecule has 26 nitrogen and oxygen atoms in total. The zero-order valence-corrected chi connectivity index (χ0v) is 45.0. The number of esters is 1. The van der Waals surface area contributed by atoms with Crippen LogP contribution in [0, 0.1) is 12.7 Å². The summed E-state index contributed by atoms with van der Waals surface area (Å²) in [5.74, 6) is -6.17. The summed E-state index contributed by atoms with van der Waals surface area (Å²) in [6.45, 7) is 1.70. The first-order valence-electron chi connectivity index (χ1n) is 26.4. The van der Waals surface area contributed by atoms with Gasteiger partial charge in [0.25, 0.3) is 17.4 Å².